The van der Waals surface area contributed by atoms with Crippen molar-refractivity contribution >= 4 is 10.0 Å². The molecule has 0 spiro atoms. The highest BCUT2D eigenvalue weighted by Gasteiger charge is 2.32. The number of rotatable bonds is 2. The Bertz CT molecular complexity index is 533. The fourth-order valence-electron chi connectivity index (χ4n) is 2.06. The van der Waals surface area contributed by atoms with E-state index < -0.39 is 15.8 Å². The second-order valence-electron chi connectivity index (χ2n) is 4.75. The van der Waals surface area contributed by atoms with E-state index >= 15 is 0 Å². The van der Waals surface area contributed by atoms with Crippen LogP contribution in [0.3, 0.4) is 0 Å². The van der Waals surface area contributed by atoms with Gasteiger partial charge in [0.15, 0.2) is 0 Å². The van der Waals surface area contributed by atoms with Crippen LogP contribution in [0, 0.1) is 11.7 Å². The van der Waals surface area contributed by atoms with Crippen molar-refractivity contribution in [1.29, 1.82) is 0 Å². The molecule has 1 aliphatic heterocycles. The summed E-state index contributed by atoms with van der Waals surface area (Å²) >= 11 is 0. The summed E-state index contributed by atoms with van der Waals surface area (Å²) in [6.45, 7) is 2.74. The van der Waals surface area contributed by atoms with Crippen LogP contribution in [-0.2, 0) is 10.0 Å². The summed E-state index contributed by atoms with van der Waals surface area (Å²) in [5.41, 5.74) is 5.89. The van der Waals surface area contributed by atoms with Crippen molar-refractivity contribution in [2.24, 2.45) is 11.7 Å². The van der Waals surface area contributed by atoms with E-state index in [2.05, 4.69) is 0 Å². The fourth-order valence-corrected chi connectivity index (χ4v) is 3.59. The Morgan fingerprint density at radius 2 is 2.17 bits per heavy atom. The molecule has 1 aromatic carbocycles. The van der Waals surface area contributed by atoms with E-state index in [1.165, 1.54) is 22.5 Å². The molecule has 0 radical (unpaired) electrons. The van der Waals surface area contributed by atoms with Gasteiger partial charge in [-0.15, -0.1) is 0 Å². The highest BCUT2D eigenvalue weighted by Crippen LogP contribution is 2.23. The van der Waals surface area contributed by atoms with E-state index in [1.807, 2.05) is 6.92 Å². The van der Waals surface area contributed by atoms with Gasteiger partial charge in [0.25, 0.3) is 0 Å². The third-order valence-corrected chi connectivity index (χ3v) is 5.27. The molecule has 0 bridgehead atoms. The molecule has 2 atom stereocenters. The van der Waals surface area contributed by atoms with Crippen LogP contribution in [0.1, 0.15) is 13.3 Å². The van der Waals surface area contributed by atoms with Gasteiger partial charge in [0.1, 0.15) is 5.82 Å². The zero-order valence-electron chi connectivity index (χ0n) is 10.2. The standard InChI is InChI=1S/C12H17FN2O2S/c1-9-5-6-15(8-12(9)14)18(16,17)11-4-2-3-10(13)7-11/h2-4,7,9,12H,5-6,8,14H2,1H3. The minimum atomic E-state index is -3.63. The number of benzene rings is 1. The Labute approximate surface area is 107 Å². The molecule has 2 unspecified atom stereocenters. The average Bonchev–Trinajstić information content (AvgIpc) is 2.32. The van der Waals surface area contributed by atoms with Gasteiger partial charge in [-0.1, -0.05) is 13.0 Å². The first kappa shape index (κ1) is 13.5. The van der Waals surface area contributed by atoms with Gasteiger partial charge >= 0.3 is 0 Å². The SMILES string of the molecule is CC1CCN(S(=O)(=O)c2cccc(F)c2)CC1N. The number of nitrogens with two attached hydrogens (primary N) is 1. The van der Waals surface area contributed by atoms with Crippen LogP contribution in [-0.4, -0.2) is 31.9 Å². The number of piperidine rings is 1. The van der Waals surface area contributed by atoms with Gasteiger partial charge in [-0.2, -0.15) is 4.31 Å². The zero-order chi connectivity index (χ0) is 13.3. The predicted octanol–water partition coefficient (Wildman–Crippen LogP) is 1.18. The zero-order valence-corrected chi connectivity index (χ0v) is 11.0. The molecule has 0 aromatic heterocycles. The highest BCUT2D eigenvalue weighted by molar-refractivity contribution is 7.89. The molecule has 0 saturated carbocycles. The van der Waals surface area contributed by atoms with Crippen LogP contribution >= 0.6 is 0 Å². The van der Waals surface area contributed by atoms with Gasteiger partial charge in [-0.3, -0.25) is 0 Å². The maximum absolute atomic E-state index is 13.1. The van der Waals surface area contributed by atoms with Crippen LogP contribution in [0.5, 0.6) is 0 Å². The molecule has 0 amide bonds. The fraction of sp³-hybridized carbons (Fsp3) is 0.500. The van der Waals surface area contributed by atoms with Crippen LogP contribution in [0.15, 0.2) is 29.2 Å². The van der Waals surface area contributed by atoms with E-state index in [0.29, 0.717) is 19.0 Å². The van der Waals surface area contributed by atoms with Gasteiger partial charge in [-0.25, -0.2) is 12.8 Å². The number of hydrogen-bond acceptors (Lipinski definition) is 3. The second-order valence-corrected chi connectivity index (χ2v) is 6.69. The molecule has 1 heterocycles. The molecule has 0 aliphatic carbocycles. The minimum Gasteiger partial charge on any atom is -0.326 e. The van der Waals surface area contributed by atoms with Crippen molar-refractivity contribution in [2.45, 2.75) is 24.3 Å². The van der Waals surface area contributed by atoms with E-state index in [0.717, 1.165) is 12.5 Å². The molecule has 1 saturated heterocycles. The van der Waals surface area contributed by atoms with E-state index in [4.69, 9.17) is 5.73 Å². The molecule has 6 heteroatoms. The maximum atomic E-state index is 13.1. The van der Waals surface area contributed by atoms with Crippen molar-refractivity contribution in [3.63, 3.8) is 0 Å². The van der Waals surface area contributed by atoms with Crippen LogP contribution in [0.4, 0.5) is 4.39 Å². The molecular formula is C12H17FN2O2S. The predicted molar refractivity (Wildman–Crippen MR) is 66.9 cm³/mol. The Morgan fingerprint density at radius 1 is 1.44 bits per heavy atom. The van der Waals surface area contributed by atoms with Crippen LogP contribution in [0.2, 0.25) is 0 Å². The first-order chi connectivity index (χ1) is 8.41. The molecule has 1 aliphatic rings. The third kappa shape index (κ3) is 2.55. The van der Waals surface area contributed by atoms with Crippen LogP contribution in [0.25, 0.3) is 0 Å². The summed E-state index contributed by atoms with van der Waals surface area (Å²) in [4.78, 5) is -0.00995. The summed E-state index contributed by atoms with van der Waals surface area (Å²) in [5, 5.41) is 0. The van der Waals surface area contributed by atoms with Crippen molar-refractivity contribution in [3.8, 4) is 0 Å². The molecule has 1 aromatic rings. The Hall–Kier alpha value is -0.980. The lowest BCUT2D eigenvalue weighted by atomic mass is 9.96. The molecule has 18 heavy (non-hydrogen) atoms. The molecule has 100 valence electrons. The van der Waals surface area contributed by atoms with Crippen molar-refractivity contribution in [1.82, 2.24) is 4.31 Å². The minimum absolute atomic E-state index is 0.00995. The molecule has 4 nitrogen and oxygen atoms in total. The summed E-state index contributed by atoms with van der Waals surface area (Å²) in [6, 6.07) is 4.90. The third-order valence-electron chi connectivity index (χ3n) is 3.41. The average molecular weight is 272 g/mol. The maximum Gasteiger partial charge on any atom is 0.243 e. The van der Waals surface area contributed by atoms with E-state index in [9.17, 15) is 12.8 Å². The summed E-state index contributed by atoms with van der Waals surface area (Å²) in [7, 11) is -3.63. The summed E-state index contributed by atoms with van der Waals surface area (Å²) in [6.07, 6.45) is 0.732. The first-order valence-electron chi connectivity index (χ1n) is 5.92. The van der Waals surface area contributed by atoms with Gasteiger partial charge in [0.05, 0.1) is 4.90 Å². The van der Waals surface area contributed by atoms with Crippen LogP contribution < -0.4 is 5.73 Å². The Balaban J connectivity index is 2.27. The van der Waals surface area contributed by atoms with Crippen molar-refractivity contribution in [3.05, 3.63) is 30.1 Å². The number of sulfonamides is 1. The smallest absolute Gasteiger partial charge is 0.243 e. The van der Waals surface area contributed by atoms with Gasteiger partial charge in [-0.05, 0) is 30.5 Å². The van der Waals surface area contributed by atoms with E-state index in [-0.39, 0.29) is 10.9 Å². The van der Waals surface area contributed by atoms with Gasteiger partial charge < -0.3 is 5.73 Å². The monoisotopic (exact) mass is 272 g/mol. The normalized spacial score (nSPS) is 26.2. The number of nitrogens with zero attached hydrogens (tertiary/aromatic N) is 1. The highest BCUT2D eigenvalue weighted by atomic mass is 32.2. The van der Waals surface area contributed by atoms with Crippen molar-refractivity contribution in [2.75, 3.05) is 13.1 Å². The van der Waals surface area contributed by atoms with Crippen molar-refractivity contribution < 1.29 is 12.8 Å². The topological polar surface area (TPSA) is 63.4 Å². The Kier molecular flexibility index (Phi) is 3.70. The van der Waals surface area contributed by atoms with E-state index in [1.54, 1.807) is 0 Å². The summed E-state index contributed by atoms with van der Waals surface area (Å²) < 4.78 is 39.0. The lowest BCUT2D eigenvalue weighted by molar-refractivity contribution is 0.253. The van der Waals surface area contributed by atoms with Gasteiger partial charge in [0.2, 0.25) is 10.0 Å². The molecule has 1 fully saturated rings. The van der Waals surface area contributed by atoms with Gasteiger partial charge in [0, 0.05) is 19.1 Å². The molecular weight excluding hydrogens is 255 g/mol. The second kappa shape index (κ2) is 4.95. The number of hydrogen-bond donors (Lipinski definition) is 1. The molecule has 2 rings (SSSR count). The first-order valence-corrected chi connectivity index (χ1v) is 7.36. The largest absolute Gasteiger partial charge is 0.326 e. The Morgan fingerprint density at radius 3 is 2.78 bits per heavy atom. The quantitative estimate of drug-likeness (QED) is 0.879. The molecule has 2 N–H and O–H groups in total. The summed E-state index contributed by atoms with van der Waals surface area (Å²) in [5.74, 6) is -0.241. The lowest BCUT2D eigenvalue weighted by Crippen LogP contribution is -2.49. The lowest BCUT2D eigenvalue weighted by Gasteiger charge is -2.34. The number of halogens is 1.